The molecule has 1 aliphatic rings. The molecule has 0 aliphatic carbocycles. The van der Waals surface area contributed by atoms with Gasteiger partial charge in [0.1, 0.15) is 0 Å². The van der Waals surface area contributed by atoms with E-state index in [0.717, 1.165) is 42.6 Å². The van der Waals surface area contributed by atoms with Gasteiger partial charge in [-0.1, -0.05) is 55.0 Å². The van der Waals surface area contributed by atoms with Crippen molar-refractivity contribution in [3.05, 3.63) is 65.2 Å². The van der Waals surface area contributed by atoms with Crippen molar-refractivity contribution in [2.75, 3.05) is 11.9 Å². The first-order chi connectivity index (χ1) is 12.1. The van der Waals surface area contributed by atoms with Crippen LogP contribution in [-0.4, -0.2) is 23.4 Å². The summed E-state index contributed by atoms with van der Waals surface area (Å²) in [7, 11) is 0. The van der Waals surface area contributed by atoms with Crippen molar-refractivity contribution < 1.29 is 4.79 Å². The molecule has 132 valence electrons. The van der Waals surface area contributed by atoms with Gasteiger partial charge in [-0.25, -0.2) is 0 Å². The Morgan fingerprint density at radius 2 is 1.72 bits per heavy atom. The summed E-state index contributed by atoms with van der Waals surface area (Å²) in [5.74, 6) is 0.125. The maximum Gasteiger partial charge on any atom is 0.241 e. The van der Waals surface area contributed by atoms with Gasteiger partial charge in [-0.3, -0.25) is 9.69 Å². The lowest BCUT2D eigenvalue weighted by atomic mass is 9.96. The highest BCUT2D eigenvalue weighted by Crippen LogP contribution is 2.29. The third kappa shape index (κ3) is 3.93. The molecule has 25 heavy (non-hydrogen) atoms. The number of hydrogen-bond acceptors (Lipinski definition) is 2. The number of hydrogen-bond donors (Lipinski definition) is 1. The first kappa shape index (κ1) is 17.7. The van der Waals surface area contributed by atoms with Crippen LogP contribution >= 0.6 is 0 Å². The lowest BCUT2D eigenvalue weighted by Gasteiger charge is -2.39. The molecule has 1 heterocycles. The number of nitrogens with zero attached hydrogens (tertiary/aromatic N) is 1. The quantitative estimate of drug-likeness (QED) is 0.865. The van der Waals surface area contributed by atoms with Crippen LogP contribution in [0, 0.1) is 13.8 Å². The van der Waals surface area contributed by atoms with Crippen LogP contribution in [0.25, 0.3) is 0 Å². The number of piperidine rings is 1. The summed E-state index contributed by atoms with van der Waals surface area (Å²) in [6, 6.07) is 16.8. The molecule has 2 atom stereocenters. The van der Waals surface area contributed by atoms with Gasteiger partial charge < -0.3 is 5.32 Å². The second-order valence-corrected chi connectivity index (χ2v) is 7.09. The Labute approximate surface area is 151 Å². The van der Waals surface area contributed by atoms with Crippen LogP contribution in [0.2, 0.25) is 0 Å². The van der Waals surface area contributed by atoms with E-state index in [0.29, 0.717) is 0 Å². The van der Waals surface area contributed by atoms with Crippen molar-refractivity contribution in [1.29, 1.82) is 0 Å². The van der Waals surface area contributed by atoms with Gasteiger partial charge in [0.25, 0.3) is 0 Å². The topological polar surface area (TPSA) is 32.3 Å². The monoisotopic (exact) mass is 336 g/mol. The van der Waals surface area contributed by atoms with Gasteiger partial charge in [0.15, 0.2) is 0 Å². The normalized spacial score (nSPS) is 19.4. The van der Waals surface area contributed by atoms with E-state index in [4.69, 9.17) is 0 Å². The smallest absolute Gasteiger partial charge is 0.241 e. The molecule has 1 unspecified atom stereocenters. The number of likely N-dealkylation sites (tertiary alicyclic amines) is 1. The van der Waals surface area contributed by atoms with Crippen LogP contribution in [0.1, 0.15) is 48.9 Å². The number of aryl methyl sites for hydroxylation is 2. The molecule has 3 rings (SSSR count). The highest BCUT2D eigenvalue weighted by atomic mass is 16.2. The number of anilines is 1. The molecule has 0 radical (unpaired) electrons. The predicted octanol–water partition coefficient (Wildman–Crippen LogP) is 4.86. The van der Waals surface area contributed by atoms with Crippen LogP contribution < -0.4 is 5.32 Å². The molecule has 0 aromatic heterocycles. The molecule has 3 heteroatoms. The Kier molecular flexibility index (Phi) is 5.54. The second kappa shape index (κ2) is 7.83. The highest BCUT2D eigenvalue weighted by molar-refractivity contribution is 5.96. The summed E-state index contributed by atoms with van der Waals surface area (Å²) in [6.07, 6.45) is 3.20. The summed E-state index contributed by atoms with van der Waals surface area (Å²) in [4.78, 5) is 15.4. The Balaban J connectivity index is 1.80. The second-order valence-electron chi connectivity index (χ2n) is 7.09. The molecule has 1 N–H and O–H groups in total. The van der Waals surface area contributed by atoms with E-state index in [9.17, 15) is 4.79 Å². The van der Waals surface area contributed by atoms with E-state index in [1.165, 1.54) is 5.56 Å². The van der Waals surface area contributed by atoms with Gasteiger partial charge in [0.05, 0.1) is 6.04 Å². The maximum absolute atomic E-state index is 13.1. The molecule has 2 aromatic carbocycles. The van der Waals surface area contributed by atoms with E-state index in [-0.39, 0.29) is 18.0 Å². The Morgan fingerprint density at radius 1 is 1.04 bits per heavy atom. The van der Waals surface area contributed by atoms with E-state index < -0.39 is 0 Å². The number of benzene rings is 2. The van der Waals surface area contributed by atoms with E-state index >= 15 is 0 Å². The summed E-state index contributed by atoms with van der Waals surface area (Å²) in [5, 5.41) is 3.20. The fourth-order valence-corrected chi connectivity index (χ4v) is 3.84. The molecular weight excluding hydrogens is 308 g/mol. The number of para-hydroxylation sites is 1. The fourth-order valence-electron chi connectivity index (χ4n) is 3.84. The number of carbonyl (C=O) groups is 1. The zero-order valence-corrected chi connectivity index (χ0v) is 15.5. The van der Waals surface area contributed by atoms with Crippen molar-refractivity contribution in [2.24, 2.45) is 0 Å². The Bertz CT molecular complexity index is 706. The largest absolute Gasteiger partial charge is 0.324 e. The molecular formula is C22H28N2O. The first-order valence-corrected chi connectivity index (χ1v) is 9.25. The summed E-state index contributed by atoms with van der Waals surface area (Å²) in [5.41, 5.74) is 4.47. The fraction of sp³-hybridized carbons (Fsp3) is 0.409. The number of nitrogens with one attached hydrogen (secondary N) is 1. The van der Waals surface area contributed by atoms with Gasteiger partial charge >= 0.3 is 0 Å². The van der Waals surface area contributed by atoms with Crippen LogP contribution in [0.4, 0.5) is 5.69 Å². The lowest BCUT2D eigenvalue weighted by Crippen LogP contribution is -2.48. The van der Waals surface area contributed by atoms with Gasteiger partial charge in [0, 0.05) is 11.7 Å². The minimum atomic E-state index is -0.0667. The van der Waals surface area contributed by atoms with Crippen LogP contribution in [0.5, 0.6) is 0 Å². The predicted molar refractivity (Wildman–Crippen MR) is 104 cm³/mol. The van der Waals surface area contributed by atoms with Crippen LogP contribution in [-0.2, 0) is 4.79 Å². The molecule has 2 aromatic rings. The minimum absolute atomic E-state index is 0.0667. The van der Waals surface area contributed by atoms with Crippen molar-refractivity contribution in [2.45, 2.75) is 52.1 Å². The zero-order valence-electron chi connectivity index (χ0n) is 15.5. The van der Waals surface area contributed by atoms with Gasteiger partial charge in [-0.05, 0) is 56.8 Å². The molecule has 0 saturated carbocycles. The first-order valence-electron chi connectivity index (χ1n) is 9.25. The third-order valence-electron chi connectivity index (χ3n) is 5.36. The Morgan fingerprint density at radius 3 is 2.40 bits per heavy atom. The average Bonchev–Trinajstić information content (AvgIpc) is 2.65. The third-order valence-corrected chi connectivity index (χ3v) is 5.36. The zero-order chi connectivity index (χ0) is 17.8. The molecule has 1 saturated heterocycles. The van der Waals surface area contributed by atoms with E-state index in [1.807, 2.05) is 38.1 Å². The molecule has 3 nitrogen and oxygen atoms in total. The van der Waals surface area contributed by atoms with E-state index in [2.05, 4.69) is 41.4 Å². The standard InChI is InChI=1S/C22H28N2O/c1-16-10-9-11-17(2)21(16)23-22(25)20-14-7-8-15-24(20)18(3)19-12-5-4-6-13-19/h4-6,9-13,18,20H,7-8,14-15H2,1-3H3,(H,23,25)/t18?,20-/m0/s1. The van der Waals surface area contributed by atoms with E-state index in [1.54, 1.807) is 0 Å². The summed E-state index contributed by atoms with van der Waals surface area (Å²) >= 11 is 0. The van der Waals surface area contributed by atoms with Gasteiger partial charge in [-0.2, -0.15) is 0 Å². The van der Waals surface area contributed by atoms with Crippen molar-refractivity contribution in [1.82, 2.24) is 4.90 Å². The maximum atomic E-state index is 13.1. The van der Waals surface area contributed by atoms with Gasteiger partial charge in [0.2, 0.25) is 5.91 Å². The SMILES string of the molecule is Cc1cccc(C)c1NC(=O)[C@@H]1CCCCN1C(C)c1ccccc1. The average molecular weight is 336 g/mol. The molecule has 1 aliphatic heterocycles. The molecule has 0 spiro atoms. The number of rotatable bonds is 4. The molecule has 1 fully saturated rings. The summed E-state index contributed by atoms with van der Waals surface area (Å²) in [6.45, 7) is 7.28. The Hall–Kier alpha value is -2.13. The minimum Gasteiger partial charge on any atom is -0.324 e. The van der Waals surface area contributed by atoms with Gasteiger partial charge in [-0.15, -0.1) is 0 Å². The van der Waals surface area contributed by atoms with Crippen molar-refractivity contribution >= 4 is 11.6 Å². The van der Waals surface area contributed by atoms with Crippen molar-refractivity contribution in [3.8, 4) is 0 Å². The van der Waals surface area contributed by atoms with Crippen LogP contribution in [0.3, 0.4) is 0 Å². The number of carbonyl (C=O) groups excluding carboxylic acids is 1. The lowest BCUT2D eigenvalue weighted by molar-refractivity contribution is -0.123. The van der Waals surface area contributed by atoms with Crippen molar-refractivity contribution in [3.63, 3.8) is 0 Å². The molecule has 1 amide bonds. The molecule has 0 bridgehead atoms. The number of amides is 1. The summed E-state index contributed by atoms with van der Waals surface area (Å²) < 4.78 is 0. The highest BCUT2D eigenvalue weighted by Gasteiger charge is 2.32. The van der Waals surface area contributed by atoms with Crippen LogP contribution in [0.15, 0.2) is 48.5 Å².